The standard InChI is InChI=1S/C18H30N4O/c1-5-22-10-6-7-16(22)13-21-18(19-3)20-12-15-9-8-14(2)17(11-15)23-4/h8-9,11,16H,5-7,10,12-13H2,1-4H3,(H2,19,20,21). The topological polar surface area (TPSA) is 48.9 Å². The molecule has 1 aliphatic heterocycles. The number of hydrogen-bond donors (Lipinski definition) is 2. The number of benzene rings is 1. The average molecular weight is 318 g/mol. The van der Waals surface area contributed by atoms with E-state index in [1.165, 1.54) is 24.9 Å². The number of nitrogens with one attached hydrogen (secondary N) is 2. The van der Waals surface area contributed by atoms with E-state index in [9.17, 15) is 0 Å². The van der Waals surface area contributed by atoms with Gasteiger partial charge >= 0.3 is 0 Å². The first-order valence-electron chi connectivity index (χ1n) is 8.50. The Labute approximate surface area is 140 Å². The summed E-state index contributed by atoms with van der Waals surface area (Å²) >= 11 is 0. The minimum Gasteiger partial charge on any atom is -0.496 e. The Balaban J connectivity index is 1.83. The van der Waals surface area contributed by atoms with Gasteiger partial charge in [0.2, 0.25) is 0 Å². The second-order valence-corrected chi connectivity index (χ2v) is 6.04. The highest BCUT2D eigenvalue weighted by Gasteiger charge is 2.22. The van der Waals surface area contributed by atoms with Crippen molar-refractivity contribution in [2.24, 2.45) is 4.99 Å². The molecule has 1 atom stereocenters. The van der Waals surface area contributed by atoms with E-state index in [0.29, 0.717) is 6.04 Å². The van der Waals surface area contributed by atoms with E-state index in [4.69, 9.17) is 4.74 Å². The molecule has 1 fully saturated rings. The summed E-state index contributed by atoms with van der Waals surface area (Å²) < 4.78 is 5.38. The molecule has 1 aromatic carbocycles. The SMILES string of the molecule is CCN1CCCC1CNC(=NC)NCc1ccc(C)c(OC)c1. The molecule has 1 heterocycles. The fourth-order valence-electron chi connectivity index (χ4n) is 3.14. The normalized spacial score (nSPS) is 19.0. The molecule has 2 N–H and O–H groups in total. The molecule has 1 saturated heterocycles. The quantitative estimate of drug-likeness (QED) is 0.623. The molecule has 23 heavy (non-hydrogen) atoms. The van der Waals surface area contributed by atoms with E-state index in [1.807, 2.05) is 7.05 Å². The van der Waals surface area contributed by atoms with E-state index in [1.54, 1.807) is 7.11 Å². The van der Waals surface area contributed by atoms with Crippen LogP contribution in [-0.2, 0) is 6.54 Å². The summed E-state index contributed by atoms with van der Waals surface area (Å²) in [5.74, 6) is 1.78. The van der Waals surface area contributed by atoms with Crippen LogP contribution in [0.4, 0.5) is 0 Å². The predicted molar refractivity (Wildman–Crippen MR) is 96.2 cm³/mol. The summed E-state index contributed by atoms with van der Waals surface area (Å²) in [6, 6.07) is 6.90. The first-order chi connectivity index (χ1) is 11.2. The molecule has 0 radical (unpaired) electrons. The zero-order chi connectivity index (χ0) is 16.7. The molecule has 0 saturated carbocycles. The molecule has 0 aromatic heterocycles. The van der Waals surface area contributed by atoms with Crippen LogP contribution < -0.4 is 15.4 Å². The van der Waals surface area contributed by atoms with E-state index < -0.39 is 0 Å². The smallest absolute Gasteiger partial charge is 0.191 e. The Morgan fingerprint density at radius 2 is 2.22 bits per heavy atom. The first kappa shape index (κ1) is 17.6. The maximum Gasteiger partial charge on any atom is 0.191 e. The third-order valence-electron chi connectivity index (χ3n) is 4.57. The van der Waals surface area contributed by atoms with Gasteiger partial charge in [-0.05, 0) is 50.0 Å². The van der Waals surface area contributed by atoms with E-state index in [2.05, 4.69) is 52.6 Å². The molecule has 2 rings (SSSR count). The molecule has 1 unspecified atom stereocenters. The minimum absolute atomic E-state index is 0.623. The number of hydrogen-bond acceptors (Lipinski definition) is 3. The second kappa shape index (κ2) is 8.77. The predicted octanol–water partition coefficient (Wildman–Crippen LogP) is 2.15. The summed E-state index contributed by atoms with van der Waals surface area (Å²) in [5.41, 5.74) is 2.34. The fourth-order valence-corrected chi connectivity index (χ4v) is 3.14. The van der Waals surface area contributed by atoms with Gasteiger partial charge in [-0.3, -0.25) is 9.89 Å². The van der Waals surface area contributed by atoms with Crippen molar-refractivity contribution < 1.29 is 4.74 Å². The molecular formula is C18H30N4O. The van der Waals surface area contributed by atoms with Crippen molar-refractivity contribution in [1.82, 2.24) is 15.5 Å². The third kappa shape index (κ3) is 4.86. The Hall–Kier alpha value is -1.75. The number of guanidine groups is 1. The molecule has 5 heteroatoms. The molecular weight excluding hydrogens is 288 g/mol. The van der Waals surface area contributed by atoms with Gasteiger partial charge in [-0.25, -0.2) is 0 Å². The lowest BCUT2D eigenvalue weighted by atomic mass is 10.1. The maximum absolute atomic E-state index is 5.38. The van der Waals surface area contributed by atoms with E-state index in [-0.39, 0.29) is 0 Å². The van der Waals surface area contributed by atoms with Gasteiger partial charge in [-0.2, -0.15) is 0 Å². The Bertz CT molecular complexity index is 530. The third-order valence-corrected chi connectivity index (χ3v) is 4.57. The van der Waals surface area contributed by atoms with Crippen molar-refractivity contribution in [3.63, 3.8) is 0 Å². The van der Waals surface area contributed by atoms with Crippen LogP contribution >= 0.6 is 0 Å². The number of ether oxygens (including phenoxy) is 1. The van der Waals surface area contributed by atoms with Gasteiger partial charge in [0.15, 0.2) is 5.96 Å². The van der Waals surface area contributed by atoms with Crippen LogP contribution in [0, 0.1) is 6.92 Å². The lowest BCUT2D eigenvalue weighted by molar-refractivity contribution is 0.267. The molecule has 0 bridgehead atoms. The number of aryl methyl sites for hydroxylation is 1. The lowest BCUT2D eigenvalue weighted by Crippen LogP contribution is -2.44. The zero-order valence-corrected chi connectivity index (χ0v) is 14.9. The van der Waals surface area contributed by atoms with E-state index in [0.717, 1.165) is 36.9 Å². The monoisotopic (exact) mass is 318 g/mol. The molecule has 0 amide bonds. The van der Waals surface area contributed by atoms with Crippen LogP contribution in [-0.4, -0.2) is 50.7 Å². The van der Waals surface area contributed by atoms with Crippen LogP contribution in [0.15, 0.2) is 23.2 Å². The van der Waals surface area contributed by atoms with Crippen LogP contribution in [0.2, 0.25) is 0 Å². The van der Waals surface area contributed by atoms with Gasteiger partial charge in [-0.1, -0.05) is 19.1 Å². The van der Waals surface area contributed by atoms with Crippen molar-refractivity contribution >= 4 is 5.96 Å². The highest BCUT2D eigenvalue weighted by atomic mass is 16.5. The molecule has 1 aliphatic rings. The summed E-state index contributed by atoms with van der Waals surface area (Å²) in [7, 11) is 3.53. The Morgan fingerprint density at radius 1 is 1.39 bits per heavy atom. The molecule has 5 nitrogen and oxygen atoms in total. The lowest BCUT2D eigenvalue weighted by Gasteiger charge is -2.24. The summed E-state index contributed by atoms with van der Waals surface area (Å²) in [6.45, 7) is 8.32. The van der Waals surface area contributed by atoms with Crippen LogP contribution in [0.5, 0.6) is 5.75 Å². The average Bonchev–Trinajstić information content (AvgIpc) is 3.03. The fraction of sp³-hybridized carbons (Fsp3) is 0.611. The van der Waals surface area contributed by atoms with Gasteiger partial charge in [0.05, 0.1) is 7.11 Å². The molecule has 0 spiro atoms. The van der Waals surface area contributed by atoms with Crippen molar-refractivity contribution in [2.75, 3.05) is 33.8 Å². The van der Waals surface area contributed by atoms with Crippen molar-refractivity contribution in [2.45, 2.75) is 39.3 Å². The highest BCUT2D eigenvalue weighted by Crippen LogP contribution is 2.19. The zero-order valence-electron chi connectivity index (χ0n) is 14.9. The number of likely N-dealkylation sites (N-methyl/N-ethyl adjacent to an activating group) is 1. The molecule has 1 aromatic rings. The Kier molecular flexibility index (Phi) is 6.71. The first-order valence-corrected chi connectivity index (χ1v) is 8.50. The maximum atomic E-state index is 5.38. The van der Waals surface area contributed by atoms with Gasteiger partial charge in [0, 0.05) is 26.2 Å². The molecule has 0 aliphatic carbocycles. The van der Waals surface area contributed by atoms with E-state index >= 15 is 0 Å². The summed E-state index contributed by atoms with van der Waals surface area (Å²) in [5, 5.41) is 6.83. The number of nitrogens with zero attached hydrogens (tertiary/aromatic N) is 2. The number of methoxy groups -OCH3 is 1. The number of aliphatic imine (C=N–C) groups is 1. The van der Waals surface area contributed by atoms with Crippen molar-refractivity contribution in [3.8, 4) is 5.75 Å². The number of rotatable bonds is 6. The van der Waals surface area contributed by atoms with Gasteiger partial charge < -0.3 is 15.4 Å². The Morgan fingerprint density at radius 3 is 2.91 bits per heavy atom. The van der Waals surface area contributed by atoms with Crippen LogP contribution in [0.1, 0.15) is 30.9 Å². The molecule has 128 valence electrons. The van der Waals surface area contributed by atoms with Gasteiger partial charge in [0.25, 0.3) is 0 Å². The summed E-state index contributed by atoms with van der Waals surface area (Å²) in [6.07, 6.45) is 2.57. The van der Waals surface area contributed by atoms with Crippen molar-refractivity contribution in [1.29, 1.82) is 0 Å². The van der Waals surface area contributed by atoms with Crippen molar-refractivity contribution in [3.05, 3.63) is 29.3 Å². The van der Waals surface area contributed by atoms with Crippen LogP contribution in [0.25, 0.3) is 0 Å². The largest absolute Gasteiger partial charge is 0.496 e. The highest BCUT2D eigenvalue weighted by molar-refractivity contribution is 5.79. The van der Waals surface area contributed by atoms with Gasteiger partial charge in [-0.15, -0.1) is 0 Å². The second-order valence-electron chi connectivity index (χ2n) is 6.04. The minimum atomic E-state index is 0.623. The van der Waals surface area contributed by atoms with Crippen LogP contribution in [0.3, 0.4) is 0 Å². The number of likely N-dealkylation sites (tertiary alicyclic amines) is 1. The van der Waals surface area contributed by atoms with Gasteiger partial charge in [0.1, 0.15) is 5.75 Å². The summed E-state index contributed by atoms with van der Waals surface area (Å²) in [4.78, 5) is 6.85.